The second-order valence-corrected chi connectivity index (χ2v) is 5.64. The first kappa shape index (κ1) is 14.5. The zero-order valence-electron chi connectivity index (χ0n) is 12.2. The van der Waals surface area contributed by atoms with Crippen molar-refractivity contribution in [3.05, 3.63) is 35.6 Å². The molecule has 1 aliphatic rings. The van der Waals surface area contributed by atoms with Crippen molar-refractivity contribution in [1.29, 1.82) is 0 Å². The van der Waals surface area contributed by atoms with Gasteiger partial charge in [-0.15, -0.1) is 0 Å². The van der Waals surface area contributed by atoms with E-state index in [0.717, 1.165) is 24.6 Å². The maximum Gasteiger partial charge on any atom is 0.127 e. The first-order chi connectivity index (χ1) is 9.13. The summed E-state index contributed by atoms with van der Waals surface area (Å²) in [5.74, 6) is -0.106. The zero-order chi connectivity index (χ0) is 13.8. The minimum Gasteiger partial charge on any atom is -0.308 e. The van der Waals surface area contributed by atoms with Gasteiger partial charge in [0.05, 0.1) is 0 Å². The predicted molar refractivity (Wildman–Crippen MR) is 77.7 cm³/mol. The fourth-order valence-electron chi connectivity index (χ4n) is 2.53. The molecule has 0 amide bonds. The standard InChI is InChI=1S/C16H25FN2/c1-4-16(14-7-5-6-8-15(14)17)18-11-12(2)19(3)13-9-10-13/h5-8,12-13,16,18H,4,9-11H2,1-3H3. The Morgan fingerprint density at radius 1 is 1.37 bits per heavy atom. The number of halogens is 1. The third-order valence-corrected chi connectivity index (χ3v) is 4.17. The number of nitrogens with one attached hydrogen (secondary N) is 1. The van der Waals surface area contributed by atoms with Crippen LogP contribution in [0.3, 0.4) is 0 Å². The third-order valence-electron chi connectivity index (χ3n) is 4.17. The lowest BCUT2D eigenvalue weighted by Gasteiger charge is -2.27. The Morgan fingerprint density at radius 2 is 2.05 bits per heavy atom. The van der Waals surface area contributed by atoms with Crippen LogP contribution in [-0.4, -0.2) is 30.6 Å². The maximum atomic E-state index is 13.8. The summed E-state index contributed by atoms with van der Waals surface area (Å²) < 4.78 is 13.8. The Balaban J connectivity index is 1.90. The average molecular weight is 264 g/mol. The van der Waals surface area contributed by atoms with E-state index < -0.39 is 0 Å². The average Bonchev–Trinajstić information content (AvgIpc) is 3.24. The second kappa shape index (κ2) is 6.49. The topological polar surface area (TPSA) is 15.3 Å². The molecule has 1 fully saturated rings. The molecular weight excluding hydrogens is 239 g/mol. The minimum atomic E-state index is -0.106. The van der Waals surface area contributed by atoms with Crippen molar-refractivity contribution < 1.29 is 4.39 Å². The van der Waals surface area contributed by atoms with Gasteiger partial charge in [-0.25, -0.2) is 4.39 Å². The molecular formula is C16H25FN2. The lowest BCUT2D eigenvalue weighted by atomic mass is 10.0. The van der Waals surface area contributed by atoms with Gasteiger partial charge in [0, 0.05) is 30.2 Å². The van der Waals surface area contributed by atoms with E-state index >= 15 is 0 Å². The van der Waals surface area contributed by atoms with Crippen LogP contribution in [-0.2, 0) is 0 Å². The Hall–Kier alpha value is -0.930. The van der Waals surface area contributed by atoms with Gasteiger partial charge in [0.1, 0.15) is 5.82 Å². The van der Waals surface area contributed by atoms with Crippen LogP contribution in [0.1, 0.15) is 44.7 Å². The van der Waals surface area contributed by atoms with Crippen LogP contribution in [0.15, 0.2) is 24.3 Å². The number of benzene rings is 1. The van der Waals surface area contributed by atoms with E-state index in [4.69, 9.17) is 0 Å². The molecule has 1 aromatic rings. The van der Waals surface area contributed by atoms with Gasteiger partial charge in [-0.3, -0.25) is 4.90 Å². The fourth-order valence-corrected chi connectivity index (χ4v) is 2.53. The Labute approximate surface area is 116 Å². The quantitative estimate of drug-likeness (QED) is 0.812. The van der Waals surface area contributed by atoms with E-state index in [1.165, 1.54) is 12.8 Å². The Bertz CT molecular complexity index is 403. The van der Waals surface area contributed by atoms with Crippen molar-refractivity contribution in [1.82, 2.24) is 10.2 Å². The van der Waals surface area contributed by atoms with Gasteiger partial charge in [-0.1, -0.05) is 25.1 Å². The van der Waals surface area contributed by atoms with Crippen molar-refractivity contribution in [3.63, 3.8) is 0 Å². The predicted octanol–water partition coefficient (Wildman–Crippen LogP) is 3.35. The summed E-state index contributed by atoms with van der Waals surface area (Å²) in [6.45, 7) is 5.23. The highest BCUT2D eigenvalue weighted by Gasteiger charge is 2.29. The van der Waals surface area contributed by atoms with Gasteiger partial charge >= 0.3 is 0 Å². The van der Waals surface area contributed by atoms with Crippen molar-refractivity contribution in [2.45, 2.75) is 51.2 Å². The summed E-state index contributed by atoms with van der Waals surface area (Å²) in [5.41, 5.74) is 0.784. The fraction of sp³-hybridized carbons (Fsp3) is 0.625. The molecule has 0 spiro atoms. The molecule has 0 heterocycles. The van der Waals surface area contributed by atoms with E-state index in [9.17, 15) is 4.39 Å². The highest BCUT2D eigenvalue weighted by atomic mass is 19.1. The molecule has 2 rings (SSSR count). The lowest BCUT2D eigenvalue weighted by Crippen LogP contribution is -2.40. The molecule has 1 N–H and O–H groups in total. The summed E-state index contributed by atoms with van der Waals surface area (Å²) >= 11 is 0. The summed E-state index contributed by atoms with van der Waals surface area (Å²) in [7, 11) is 2.19. The van der Waals surface area contributed by atoms with Gasteiger partial charge in [0.2, 0.25) is 0 Å². The van der Waals surface area contributed by atoms with Crippen molar-refractivity contribution in [2.24, 2.45) is 0 Å². The van der Waals surface area contributed by atoms with E-state index in [2.05, 4.69) is 31.1 Å². The first-order valence-electron chi connectivity index (χ1n) is 7.33. The molecule has 0 saturated heterocycles. The molecule has 1 aliphatic carbocycles. The van der Waals surface area contributed by atoms with Crippen LogP contribution in [0.2, 0.25) is 0 Å². The molecule has 106 valence electrons. The Kier molecular flexibility index (Phi) is 4.94. The van der Waals surface area contributed by atoms with E-state index in [1.807, 2.05) is 12.1 Å². The SMILES string of the molecule is CCC(NCC(C)N(C)C1CC1)c1ccccc1F. The van der Waals surface area contributed by atoms with Gasteiger partial charge < -0.3 is 5.32 Å². The molecule has 2 atom stereocenters. The highest BCUT2D eigenvalue weighted by Crippen LogP contribution is 2.27. The van der Waals surface area contributed by atoms with Crippen LogP contribution in [0, 0.1) is 5.82 Å². The molecule has 1 saturated carbocycles. The molecule has 0 bridgehead atoms. The summed E-state index contributed by atoms with van der Waals surface area (Å²) in [4.78, 5) is 2.43. The first-order valence-corrected chi connectivity index (χ1v) is 7.33. The number of likely N-dealkylation sites (N-methyl/N-ethyl adjacent to an activating group) is 1. The molecule has 2 nitrogen and oxygen atoms in total. The van der Waals surface area contributed by atoms with Crippen LogP contribution in [0.4, 0.5) is 4.39 Å². The zero-order valence-corrected chi connectivity index (χ0v) is 12.2. The van der Waals surface area contributed by atoms with Crippen molar-refractivity contribution in [2.75, 3.05) is 13.6 Å². The van der Waals surface area contributed by atoms with Crippen LogP contribution < -0.4 is 5.32 Å². The summed E-state index contributed by atoms with van der Waals surface area (Å²) in [6, 6.07) is 8.44. The van der Waals surface area contributed by atoms with Crippen molar-refractivity contribution >= 4 is 0 Å². The molecule has 1 aromatic carbocycles. The minimum absolute atomic E-state index is 0.106. The molecule has 0 aliphatic heterocycles. The van der Waals surface area contributed by atoms with Gasteiger partial charge in [-0.05, 0) is 39.3 Å². The Morgan fingerprint density at radius 3 is 2.63 bits per heavy atom. The van der Waals surface area contributed by atoms with E-state index in [1.54, 1.807) is 12.1 Å². The smallest absolute Gasteiger partial charge is 0.127 e. The van der Waals surface area contributed by atoms with Gasteiger partial charge in [0.15, 0.2) is 0 Å². The van der Waals surface area contributed by atoms with Crippen molar-refractivity contribution in [3.8, 4) is 0 Å². The monoisotopic (exact) mass is 264 g/mol. The van der Waals surface area contributed by atoms with Crippen LogP contribution in [0.25, 0.3) is 0 Å². The van der Waals surface area contributed by atoms with Crippen LogP contribution >= 0.6 is 0 Å². The normalized spacial score (nSPS) is 18.6. The second-order valence-electron chi connectivity index (χ2n) is 5.64. The lowest BCUT2D eigenvalue weighted by molar-refractivity contribution is 0.234. The number of nitrogens with zero attached hydrogens (tertiary/aromatic N) is 1. The van der Waals surface area contributed by atoms with E-state index in [0.29, 0.717) is 6.04 Å². The number of hydrogen-bond donors (Lipinski definition) is 1. The molecule has 0 radical (unpaired) electrons. The number of rotatable bonds is 7. The van der Waals surface area contributed by atoms with Crippen LogP contribution in [0.5, 0.6) is 0 Å². The largest absolute Gasteiger partial charge is 0.308 e. The van der Waals surface area contributed by atoms with Gasteiger partial charge in [-0.2, -0.15) is 0 Å². The molecule has 19 heavy (non-hydrogen) atoms. The molecule has 2 unspecified atom stereocenters. The summed E-state index contributed by atoms with van der Waals surface area (Å²) in [6.07, 6.45) is 3.55. The molecule has 0 aromatic heterocycles. The van der Waals surface area contributed by atoms with E-state index in [-0.39, 0.29) is 11.9 Å². The third kappa shape index (κ3) is 3.77. The van der Waals surface area contributed by atoms with Gasteiger partial charge in [0.25, 0.3) is 0 Å². The maximum absolute atomic E-state index is 13.8. The molecule has 3 heteroatoms. The number of hydrogen-bond acceptors (Lipinski definition) is 2. The summed E-state index contributed by atoms with van der Waals surface area (Å²) in [5, 5.41) is 3.51. The highest BCUT2D eigenvalue weighted by molar-refractivity contribution is 5.21.